The van der Waals surface area contributed by atoms with E-state index in [-0.39, 0.29) is 23.1 Å². The number of nitrogens with one attached hydrogen (secondary N) is 1. The van der Waals surface area contributed by atoms with E-state index in [0.717, 1.165) is 12.0 Å². The molecule has 6 nitrogen and oxygen atoms in total. The Morgan fingerprint density at radius 2 is 2.27 bits per heavy atom. The zero-order chi connectivity index (χ0) is 18.7. The minimum atomic E-state index is -0.795. The molecule has 0 radical (unpaired) electrons. The Morgan fingerprint density at radius 1 is 1.46 bits per heavy atom. The molecule has 2 fully saturated rings. The van der Waals surface area contributed by atoms with Crippen LogP contribution in [0.1, 0.15) is 31.7 Å². The first-order valence-corrected chi connectivity index (χ1v) is 10.7. The van der Waals surface area contributed by atoms with E-state index in [1.165, 1.54) is 0 Å². The van der Waals surface area contributed by atoms with Crippen LogP contribution in [-0.4, -0.2) is 50.2 Å². The highest BCUT2D eigenvalue weighted by molar-refractivity contribution is 8.01. The average molecular weight is 395 g/mol. The van der Waals surface area contributed by atoms with Gasteiger partial charge in [0.1, 0.15) is 6.04 Å². The zero-order valence-electron chi connectivity index (χ0n) is 14.6. The second kappa shape index (κ2) is 7.92. The first kappa shape index (κ1) is 19.1. The van der Waals surface area contributed by atoms with Crippen LogP contribution in [0.2, 0.25) is 0 Å². The summed E-state index contributed by atoms with van der Waals surface area (Å²) in [5, 5.41) is 11.6. The predicted molar refractivity (Wildman–Crippen MR) is 104 cm³/mol. The molecule has 0 saturated carbocycles. The molecular formula is C18H22N2O4S2. The van der Waals surface area contributed by atoms with Crippen LogP contribution in [0.3, 0.4) is 0 Å². The first-order valence-electron chi connectivity index (χ1n) is 8.54. The monoisotopic (exact) mass is 394 g/mol. The molecule has 2 atom stereocenters. The molecule has 3 rings (SSSR count). The van der Waals surface area contributed by atoms with Gasteiger partial charge in [0.05, 0.1) is 11.3 Å². The van der Waals surface area contributed by atoms with E-state index in [1.54, 1.807) is 28.4 Å². The predicted octanol–water partition coefficient (Wildman–Crippen LogP) is 2.79. The van der Waals surface area contributed by atoms with Gasteiger partial charge in [0.15, 0.2) is 0 Å². The van der Waals surface area contributed by atoms with Gasteiger partial charge in [-0.3, -0.25) is 14.4 Å². The standard InChI is InChI=1S/C18H22N2O4S2/c1-18-7-5-15(21)20(18)14(11-26-18)17(24)19-13-4-2-3-12(9-13)10-25-8-6-16(22)23/h2-4,9,14H,5-8,10-11H2,1H3,(H,19,24)(H,22,23). The number of anilines is 1. The molecule has 26 heavy (non-hydrogen) atoms. The van der Waals surface area contributed by atoms with Crippen molar-refractivity contribution < 1.29 is 19.5 Å². The number of carbonyl (C=O) groups excluding carboxylic acids is 2. The van der Waals surface area contributed by atoms with Crippen molar-refractivity contribution in [1.82, 2.24) is 4.90 Å². The van der Waals surface area contributed by atoms with Gasteiger partial charge >= 0.3 is 5.97 Å². The number of amides is 2. The number of thioether (sulfide) groups is 2. The van der Waals surface area contributed by atoms with Crippen LogP contribution in [-0.2, 0) is 20.1 Å². The van der Waals surface area contributed by atoms with E-state index in [2.05, 4.69) is 5.32 Å². The smallest absolute Gasteiger partial charge is 0.304 e. The summed E-state index contributed by atoms with van der Waals surface area (Å²) in [4.78, 5) is 36.9. The van der Waals surface area contributed by atoms with Gasteiger partial charge in [-0.1, -0.05) is 12.1 Å². The molecule has 2 aliphatic heterocycles. The summed E-state index contributed by atoms with van der Waals surface area (Å²) in [6, 6.07) is 7.14. The van der Waals surface area contributed by atoms with Crippen molar-refractivity contribution >= 4 is 47.0 Å². The molecule has 0 aliphatic carbocycles. The molecule has 140 valence electrons. The number of rotatable bonds is 7. The van der Waals surface area contributed by atoms with Gasteiger partial charge in [0.2, 0.25) is 11.8 Å². The SMILES string of the molecule is CC12CCC(=O)N1C(C(=O)Nc1cccc(CSCCC(=O)O)c1)CS2. The Morgan fingerprint density at radius 3 is 3.04 bits per heavy atom. The molecule has 0 aromatic heterocycles. The molecule has 2 N–H and O–H groups in total. The topological polar surface area (TPSA) is 86.7 Å². The van der Waals surface area contributed by atoms with E-state index < -0.39 is 12.0 Å². The summed E-state index contributed by atoms with van der Waals surface area (Å²) in [6.07, 6.45) is 1.45. The third-order valence-corrected chi connectivity index (χ3v) is 7.21. The Labute approximate surface area is 161 Å². The van der Waals surface area contributed by atoms with Gasteiger partial charge in [-0.25, -0.2) is 0 Å². The minimum absolute atomic E-state index is 0.0567. The highest BCUT2D eigenvalue weighted by atomic mass is 32.2. The number of carbonyl (C=O) groups is 3. The number of aliphatic carboxylic acids is 1. The maximum atomic E-state index is 12.7. The second-order valence-corrected chi connectivity index (χ2v) is 9.26. The third kappa shape index (κ3) is 4.17. The lowest BCUT2D eigenvalue weighted by molar-refractivity contribution is -0.136. The summed E-state index contributed by atoms with van der Waals surface area (Å²) in [6.45, 7) is 2.03. The zero-order valence-corrected chi connectivity index (χ0v) is 16.2. The normalized spacial score (nSPS) is 24.6. The molecule has 2 heterocycles. The lowest BCUT2D eigenvalue weighted by Crippen LogP contribution is -2.48. The summed E-state index contributed by atoms with van der Waals surface area (Å²) in [7, 11) is 0. The van der Waals surface area contributed by atoms with E-state index >= 15 is 0 Å². The number of nitrogens with zero attached hydrogens (tertiary/aromatic N) is 1. The lowest BCUT2D eigenvalue weighted by Gasteiger charge is -2.29. The van der Waals surface area contributed by atoms with E-state index in [0.29, 0.717) is 29.4 Å². The molecule has 2 unspecified atom stereocenters. The number of benzene rings is 1. The van der Waals surface area contributed by atoms with Gasteiger partial charge in [-0.2, -0.15) is 11.8 Å². The van der Waals surface area contributed by atoms with Crippen molar-refractivity contribution in [3.8, 4) is 0 Å². The number of fused-ring (bicyclic) bond motifs is 1. The van der Waals surface area contributed by atoms with E-state index in [1.807, 2.05) is 31.2 Å². The van der Waals surface area contributed by atoms with Crippen molar-refractivity contribution in [2.24, 2.45) is 0 Å². The van der Waals surface area contributed by atoms with Gasteiger partial charge in [-0.05, 0) is 31.0 Å². The van der Waals surface area contributed by atoms with Crippen LogP contribution < -0.4 is 5.32 Å². The van der Waals surface area contributed by atoms with E-state index in [4.69, 9.17) is 5.11 Å². The van der Waals surface area contributed by atoms with Crippen molar-refractivity contribution in [3.63, 3.8) is 0 Å². The van der Waals surface area contributed by atoms with Crippen LogP contribution in [0.4, 0.5) is 5.69 Å². The van der Waals surface area contributed by atoms with Gasteiger partial charge in [-0.15, -0.1) is 11.8 Å². The fourth-order valence-electron chi connectivity index (χ4n) is 3.33. The fraction of sp³-hybridized carbons (Fsp3) is 0.500. The maximum Gasteiger partial charge on any atom is 0.304 e. The quantitative estimate of drug-likeness (QED) is 0.692. The van der Waals surface area contributed by atoms with E-state index in [9.17, 15) is 14.4 Å². The molecule has 1 aromatic carbocycles. The highest BCUT2D eigenvalue weighted by Gasteiger charge is 2.52. The van der Waals surface area contributed by atoms with Crippen LogP contribution in [0, 0.1) is 0 Å². The molecule has 8 heteroatoms. The number of hydrogen-bond donors (Lipinski definition) is 2. The average Bonchev–Trinajstić information content (AvgIpc) is 3.08. The van der Waals surface area contributed by atoms with Crippen molar-refractivity contribution in [3.05, 3.63) is 29.8 Å². The third-order valence-electron chi connectivity index (χ3n) is 4.67. The van der Waals surface area contributed by atoms with Gasteiger partial charge in [0, 0.05) is 29.4 Å². The fourth-order valence-corrected chi connectivity index (χ4v) is 5.64. The molecule has 2 saturated heterocycles. The molecule has 2 aliphatic rings. The molecule has 0 bridgehead atoms. The van der Waals surface area contributed by atoms with Crippen LogP contribution in [0.25, 0.3) is 0 Å². The van der Waals surface area contributed by atoms with Gasteiger partial charge < -0.3 is 15.3 Å². The van der Waals surface area contributed by atoms with Crippen molar-refractivity contribution in [2.45, 2.75) is 42.9 Å². The molecular weight excluding hydrogens is 372 g/mol. The number of carboxylic acid groups (broad SMARTS) is 1. The summed E-state index contributed by atoms with van der Waals surface area (Å²) >= 11 is 3.23. The Hall–Kier alpha value is -1.67. The first-order chi connectivity index (χ1) is 12.4. The lowest BCUT2D eigenvalue weighted by atomic mass is 10.2. The molecule has 2 amide bonds. The van der Waals surface area contributed by atoms with Crippen LogP contribution >= 0.6 is 23.5 Å². The van der Waals surface area contributed by atoms with Crippen LogP contribution in [0.15, 0.2) is 24.3 Å². The van der Waals surface area contributed by atoms with Crippen LogP contribution in [0.5, 0.6) is 0 Å². The molecule has 0 spiro atoms. The Balaban J connectivity index is 1.59. The number of carboxylic acids is 1. The Bertz CT molecular complexity index is 727. The highest BCUT2D eigenvalue weighted by Crippen LogP contribution is 2.47. The summed E-state index contributed by atoms with van der Waals surface area (Å²) < 4.78 is 0. The second-order valence-electron chi connectivity index (χ2n) is 6.65. The summed E-state index contributed by atoms with van der Waals surface area (Å²) in [5.74, 6) is 0.989. The molecule has 1 aromatic rings. The van der Waals surface area contributed by atoms with Gasteiger partial charge in [0.25, 0.3) is 0 Å². The maximum absolute atomic E-state index is 12.7. The summed E-state index contributed by atoms with van der Waals surface area (Å²) in [5.41, 5.74) is 1.73. The van der Waals surface area contributed by atoms with Crippen molar-refractivity contribution in [1.29, 1.82) is 0 Å². The largest absolute Gasteiger partial charge is 0.481 e. The Kier molecular flexibility index (Phi) is 5.82. The minimum Gasteiger partial charge on any atom is -0.481 e. The number of hydrogen-bond acceptors (Lipinski definition) is 5. The van der Waals surface area contributed by atoms with Crippen molar-refractivity contribution in [2.75, 3.05) is 16.8 Å².